The van der Waals surface area contributed by atoms with Crippen molar-refractivity contribution in [3.05, 3.63) is 23.8 Å². The van der Waals surface area contributed by atoms with E-state index < -0.39 is 0 Å². The van der Waals surface area contributed by atoms with Gasteiger partial charge in [-0.2, -0.15) is 0 Å². The molecule has 16 heavy (non-hydrogen) atoms. The van der Waals surface area contributed by atoms with E-state index in [1.807, 2.05) is 12.1 Å². The summed E-state index contributed by atoms with van der Waals surface area (Å²) in [6.45, 7) is 5.94. The van der Waals surface area contributed by atoms with Crippen molar-refractivity contribution in [1.29, 1.82) is 0 Å². The molecule has 1 unspecified atom stereocenters. The number of hydrogen-bond donors (Lipinski definition) is 2. The van der Waals surface area contributed by atoms with Crippen molar-refractivity contribution in [2.24, 2.45) is 0 Å². The maximum absolute atomic E-state index is 5.80. The summed E-state index contributed by atoms with van der Waals surface area (Å²) in [5.74, 6) is 0. The summed E-state index contributed by atoms with van der Waals surface area (Å²) in [4.78, 5) is 0. The Balaban J connectivity index is 1.98. The first-order chi connectivity index (χ1) is 7.57. The minimum absolute atomic E-state index is 0.0154. The van der Waals surface area contributed by atoms with Crippen LogP contribution < -0.4 is 11.1 Å². The highest BCUT2D eigenvalue weighted by molar-refractivity contribution is 5.56. The van der Waals surface area contributed by atoms with E-state index in [2.05, 4.69) is 25.2 Å². The minimum Gasteiger partial charge on any atom is -0.399 e. The van der Waals surface area contributed by atoms with Gasteiger partial charge in [-0.15, -0.1) is 0 Å². The monoisotopic (exact) mass is 220 g/mol. The van der Waals surface area contributed by atoms with E-state index in [0.29, 0.717) is 0 Å². The van der Waals surface area contributed by atoms with E-state index in [1.165, 1.54) is 5.56 Å². The van der Waals surface area contributed by atoms with Crippen LogP contribution in [0.2, 0.25) is 0 Å². The molecule has 1 atom stereocenters. The summed E-state index contributed by atoms with van der Waals surface area (Å²) >= 11 is 0. The summed E-state index contributed by atoms with van der Waals surface area (Å²) in [5, 5.41) is 3.40. The van der Waals surface area contributed by atoms with Crippen LogP contribution in [-0.4, -0.2) is 18.8 Å². The van der Waals surface area contributed by atoms with Crippen LogP contribution in [0.1, 0.15) is 25.3 Å². The van der Waals surface area contributed by atoms with Gasteiger partial charge >= 0.3 is 0 Å². The van der Waals surface area contributed by atoms with Crippen LogP contribution in [0.3, 0.4) is 0 Å². The fourth-order valence-corrected chi connectivity index (χ4v) is 2.18. The molecule has 2 rings (SSSR count). The number of nitrogen functional groups attached to an aromatic ring is 1. The van der Waals surface area contributed by atoms with Crippen LogP contribution >= 0.6 is 0 Å². The molecule has 0 saturated carbocycles. The Kier molecular flexibility index (Phi) is 3.06. The molecule has 1 saturated heterocycles. The lowest BCUT2D eigenvalue weighted by Gasteiger charge is -2.24. The Hall–Kier alpha value is -1.22. The van der Waals surface area contributed by atoms with Gasteiger partial charge in [0, 0.05) is 24.5 Å². The normalized spacial score (nSPS) is 24.6. The van der Waals surface area contributed by atoms with Crippen LogP contribution in [0.25, 0.3) is 0 Å². The van der Waals surface area contributed by atoms with Crippen molar-refractivity contribution < 1.29 is 4.74 Å². The van der Waals surface area contributed by atoms with Gasteiger partial charge < -0.3 is 15.8 Å². The second-order valence-corrected chi connectivity index (χ2v) is 4.89. The Labute approximate surface area is 97.0 Å². The SMILES string of the molecule is Cc1cc(N)cc(NCC2(C)CCCO2)c1. The number of nitrogens with one attached hydrogen (secondary N) is 1. The quantitative estimate of drug-likeness (QED) is 0.770. The fraction of sp³-hybridized carbons (Fsp3) is 0.538. The van der Waals surface area contributed by atoms with Crippen LogP contribution in [0.15, 0.2) is 18.2 Å². The molecule has 0 bridgehead atoms. The van der Waals surface area contributed by atoms with Crippen LogP contribution in [-0.2, 0) is 4.74 Å². The first-order valence-electron chi connectivity index (χ1n) is 5.82. The van der Waals surface area contributed by atoms with Gasteiger partial charge in [0.15, 0.2) is 0 Å². The van der Waals surface area contributed by atoms with Gasteiger partial charge in [0.25, 0.3) is 0 Å². The summed E-state index contributed by atoms with van der Waals surface area (Å²) in [7, 11) is 0. The van der Waals surface area contributed by atoms with Crippen molar-refractivity contribution in [2.45, 2.75) is 32.3 Å². The Morgan fingerprint density at radius 3 is 2.88 bits per heavy atom. The highest BCUT2D eigenvalue weighted by Crippen LogP contribution is 2.26. The fourth-order valence-electron chi connectivity index (χ4n) is 2.18. The van der Waals surface area contributed by atoms with Gasteiger partial charge in [-0.3, -0.25) is 0 Å². The van der Waals surface area contributed by atoms with Gasteiger partial charge in [0.1, 0.15) is 0 Å². The number of hydrogen-bond acceptors (Lipinski definition) is 3. The van der Waals surface area contributed by atoms with Crippen molar-refractivity contribution in [1.82, 2.24) is 0 Å². The molecule has 1 aromatic carbocycles. The maximum Gasteiger partial charge on any atom is 0.0826 e. The number of benzene rings is 1. The standard InChI is InChI=1S/C13H20N2O/c1-10-6-11(14)8-12(7-10)15-9-13(2)4-3-5-16-13/h6-8,15H,3-5,9,14H2,1-2H3. The average molecular weight is 220 g/mol. The third-order valence-electron chi connectivity index (χ3n) is 3.07. The molecule has 0 spiro atoms. The second-order valence-electron chi connectivity index (χ2n) is 4.89. The third-order valence-corrected chi connectivity index (χ3v) is 3.07. The predicted octanol–water partition coefficient (Wildman–Crippen LogP) is 2.56. The maximum atomic E-state index is 5.80. The number of ether oxygens (including phenoxy) is 1. The topological polar surface area (TPSA) is 47.3 Å². The van der Waals surface area contributed by atoms with Crippen molar-refractivity contribution in [3.8, 4) is 0 Å². The zero-order valence-electron chi connectivity index (χ0n) is 10.0. The molecule has 0 amide bonds. The Bertz CT molecular complexity index is 350. The highest BCUT2D eigenvalue weighted by atomic mass is 16.5. The minimum atomic E-state index is -0.0154. The third kappa shape index (κ3) is 2.67. The lowest BCUT2D eigenvalue weighted by Crippen LogP contribution is -2.32. The second kappa shape index (κ2) is 4.34. The molecular weight excluding hydrogens is 200 g/mol. The van der Waals surface area contributed by atoms with Gasteiger partial charge in [-0.1, -0.05) is 0 Å². The first kappa shape index (κ1) is 11.3. The predicted molar refractivity (Wildman–Crippen MR) is 67.7 cm³/mol. The molecule has 3 N–H and O–H groups in total. The summed E-state index contributed by atoms with van der Waals surface area (Å²) in [5.41, 5.74) is 8.85. The smallest absolute Gasteiger partial charge is 0.0826 e. The molecule has 1 fully saturated rings. The number of anilines is 2. The molecule has 88 valence electrons. The van der Waals surface area contributed by atoms with E-state index in [0.717, 1.165) is 37.4 Å². The van der Waals surface area contributed by atoms with Crippen LogP contribution in [0.4, 0.5) is 11.4 Å². The average Bonchev–Trinajstić information content (AvgIpc) is 2.62. The number of nitrogens with two attached hydrogens (primary N) is 1. The van der Waals surface area contributed by atoms with Crippen molar-refractivity contribution in [2.75, 3.05) is 24.2 Å². The van der Waals surface area contributed by atoms with Gasteiger partial charge in [-0.05, 0) is 50.5 Å². The van der Waals surface area contributed by atoms with E-state index >= 15 is 0 Å². The van der Waals surface area contributed by atoms with E-state index in [-0.39, 0.29) is 5.60 Å². The van der Waals surface area contributed by atoms with E-state index in [4.69, 9.17) is 10.5 Å². The molecule has 3 heteroatoms. The molecule has 0 aliphatic carbocycles. The molecule has 0 radical (unpaired) electrons. The van der Waals surface area contributed by atoms with Crippen molar-refractivity contribution >= 4 is 11.4 Å². The highest BCUT2D eigenvalue weighted by Gasteiger charge is 2.29. The lowest BCUT2D eigenvalue weighted by molar-refractivity contribution is 0.0315. The lowest BCUT2D eigenvalue weighted by atomic mass is 10.0. The molecular formula is C13H20N2O. The number of aryl methyl sites for hydroxylation is 1. The summed E-state index contributed by atoms with van der Waals surface area (Å²) < 4.78 is 5.73. The van der Waals surface area contributed by atoms with Crippen LogP contribution in [0.5, 0.6) is 0 Å². The molecule has 1 aromatic rings. The molecule has 1 aliphatic heterocycles. The first-order valence-corrected chi connectivity index (χ1v) is 5.82. The zero-order chi connectivity index (χ0) is 11.6. The molecule has 1 aliphatic rings. The summed E-state index contributed by atoms with van der Waals surface area (Å²) in [6, 6.07) is 6.04. The van der Waals surface area contributed by atoms with Gasteiger partial charge in [-0.25, -0.2) is 0 Å². The Morgan fingerprint density at radius 1 is 1.44 bits per heavy atom. The zero-order valence-corrected chi connectivity index (χ0v) is 10.0. The molecule has 1 heterocycles. The van der Waals surface area contributed by atoms with E-state index in [9.17, 15) is 0 Å². The molecule has 3 nitrogen and oxygen atoms in total. The van der Waals surface area contributed by atoms with E-state index in [1.54, 1.807) is 0 Å². The van der Waals surface area contributed by atoms with Crippen LogP contribution in [0, 0.1) is 6.92 Å². The van der Waals surface area contributed by atoms with Gasteiger partial charge in [0.2, 0.25) is 0 Å². The summed E-state index contributed by atoms with van der Waals surface area (Å²) in [6.07, 6.45) is 2.29. The molecule has 0 aromatic heterocycles. The Morgan fingerprint density at radius 2 is 2.25 bits per heavy atom. The van der Waals surface area contributed by atoms with Crippen molar-refractivity contribution in [3.63, 3.8) is 0 Å². The van der Waals surface area contributed by atoms with Gasteiger partial charge in [0.05, 0.1) is 5.60 Å². The largest absolute Gasteiger partial charge is 0.399 e. The number of rotatable bonds is 3.